The van der Waals surface area contributed by atoms with E-state index in [1.807, 2.05) is 68.4 Å². The molecule has 0 saturated carbocycles. The van der Waals surface area contributed by atoms with Crippen LogP contribution in [0.4, 0.5) is 4.79 Å². The number of sulfonamides is 1. The van der Waals surface area contributed by atoms with Crippen molar-refractivity contribution in [2.24, 2.45) is 11.8 Å². The first-order chi connectivity index (χ1) is 23.7. The number of carbonyl (C=O) groups excluding carboxylic acids is 1. The maximum Gasteiger partial charge on any atom is 0.407 e. The predicted octanol–water partition coefficient (Wildman–Crippen LogP) is 4.14. The monoisotopic (exact) mass is 696 g/mol. The molecule has 0 bridgehead atoms. The van der Waals surface area contributed by atoms with Gasteiger partial charge in [-0.1, -0.05) is 56.3 Å². The lowest BCUT2D eigenvalue weighted by atomic mass is 10.0. The molecule has 5 atom stereocenters. The smallest absolute Gasteiger partial charge is 0.407 e. The number of ether oxygens (including phenoxy) is 6. The maximum atomic E-state index is 14.0. The average molecular weight is 697 g/mol. The normalized spacial score (nSPS) is 21.3. The van der Waals surface area contributed by atoms with Gasteiger partial charge in [0.25, 0.3) is 0 Å². The van der Waals surface area contributed by atoms with Crippen LogP contribution in [0.25, 0.3) is 0 Å². The zero-order valence-corrected chi connectivity index (χ0v) is 28.5. The van der Waals surface area contributed by atoms with E-state index >= 15 is 0 Å². The molecule has 0 spiro atoms. The number of aliphatic hydroxyl groups is 1. The van der Waals surface area contributed by atoms with Crippen molar-refractivity contribution >= 4 is 16.1 Å². The van der Waals surface area contributed by atoms with E-state index < -0.39 is 40.7 Å². The standard InChI is InChI=1S/C36H44N2O10S/c1-24(2)20-38(49(41,42)28-12-13-32-33(19-28)44-17-16-43-32)21-31(39)30(37-36(40)48-34-23-47-35-29(34)14-15-45-35)18-25-8-10-27(11-9-25)46-22-26-6-4-3-5-7-26/h3-13,19,24,29-31,34-35,39H,14-18,20-23H2,1-2H3,(H,37,40)/t29?,30-,31-,34+,35?/m0/s1. The zero-order chi connectivity index (χ0) is 34.4. The molecule has 49 heavy (non-hydrogen) atoms. The number of nitrogens with one attached hydrogen (secondary N) is 1. The van der Waals surface area contributed by atoms with Crippen LogP contribution in [0.1, 0.15) is 31.4 Å². The molecule has 13 heteroatoms. The van der Waals surface area contributed by atoms with Crippen molar-refractivity contribution in [3.8, 4) is 17.2 Å². The minimum absolute atomic E-state index is 0.0224. The SMILES string of the molecule is CC(C)CN(C[C@H](O)[C@H](Cc1ccc(OCc2ccccc2)cc1)NC(=O)O[C@@H]1COC2OCCC21)S(=O)(=O)c1ccc2c(c1)OCCO2. The van der Waals surface area contributed by atoms with Gasteiger partial charge in [0.05, 0.1) is 36.2 Å². The fourth-order valence-electron chi connectivity index (χ4n) is 6.22. The van der Waals surface area contributed by atoms with Gasteiger partial charge in [-0.15, -0.1) is 0 Å². The van der Waals surface area contributed by atoms with Gasteiger partial charge in [-0.05, 0) is 54.2 Å². The molecule has 3 aromatic carbocycles. The van der Waals surface area contributed by atoms with Gasteiger partial charge < -0.3 is 38.8 Å². The van der Waals surface area contributed by atoms with E-state index in [1.165, 1.54) is 16.4 Å². The summed E-state index contributed by atoms with van der Waals surface area (Å²) in [6, 6.07) is 20.8. The topological polar surface area (TPSA) is 142 Å². The van der Waals surface area contributed by atoms with E-state index in [0.717, 1.165) is 17.5 Å². The number of benzene rings is 3. The van der Waals surface area contributed by atoms with E-state index in [0.29, 0.717) is 43.7 Å². The molecule has 12 nitrogen and oxygen atoms in total. The summed E-state index contributed by atoms with van der Waals surface area (Å²) in [6.07, 6.45) is -1.98. The number of alkyl carbamates (subject to hydrolysis) is 1. The highest BCUT2D eigenvalue weighted by molar-refractivity contribution is 7.89. The van der Waals surface area contributed by atoms with Gasteiger partial charge in [0, 0.05) is 19.2 Å². The lowest BCUT2D eigenvalue weighted by Crippen LogP contribution is -2.51. The first kappa shape index (κ1) is 35.0. The van der Waals surface area contributed by atoms with Crippen LogP contribution in [-0.2, 0) is 37.3 Å². The molecule has 2 saturated heterocycles. The lowest BCUT2D eigenvalue weighted by molar-refractivity contribution is -0.0907. The lowest BCUT2D eigenvalue weighted by Gasteiger charge is -2.31. The van der Waals surface area contributed by atoms with E-state index in [2.05, 4.69) is 5.32 Å². The second kappa shape index (κ2) is 15.8. The fourth-order valence-corrected chi connectivity index (χ4v) is 7.85. The van der Waals surface area contributed by atoms with Crippen LogP contribution in [0.5, 0.6) is 17.2 Å². The summed E-state index contributed by atoms with van der Waals surface area (Å²) in [7, 11) is -4.08. The highest BCUT2D eigenvalue weighted by Gasteiger charge is 2.44. The number of hydrogen-bond donors (Lipinski definition) is 2. The Hall–Kier alpha value is -3.88. The number of fused-ring (bicyclic) bond motifs is 2. The summed E-state index contributed by atoms with van der Waals surface area (Å²) in [5, 5.41) is 14.5. The van der Waals surface area contributed by atoms with Crippen molar-refractivity contribution < 1.29 is 46.7 Å². The Morgan fingerprint density at radius 2 is 1.69 bits per heavy atom. The van der Waals surface area contributed by atoms with E-state index in [-0.39, 0.29) is 42.8 Å². The minimum atomic E-state index is -4.08. The van der Waals surface area contributed by atoms with Crippen LogP contribution in [-0.4, -0.2) is 88.0 Å². The summed E-state index contributed by atoms with van der Waals surface area (Å²) in [5.41, 5.74) is 1.84. The van der Waals surface area contributed by atoms with Crippen LogP contribution in [0, 0.1) is 11.8 Å². The van der Waals surface area contributed by atoms with Crippen molar-refractivity contribution in [2.75, 3.05) is 39.5 Å². The van der Waals surface area contributed by atoms with Crippen molar-refractivity contribution in [3.63, 3.8) is 0 Å². The van der Waals surface area contributed by atoms with Gasteiger partial charge in [0.15, 0.2) is 17.8 Å². The highest BCUT2D eigenvalue weighted by Crippen LogP contribution is 2.34. The third-order valence-electron chi connectivity index (χ3n) is 8.75. The van der Waals surface area contributed by atoms with Crippen LogP contribution in [0.15, 0.2) is 77.7 Å². The van der Waals surface area contributed by atoms with Crippen LogP contribution < -0.4 is 19.5 Å². The molecule has 264 valence electrons. The van der Waals surface area contributed by atoms with Gasteiger partial charge >= 0.3 is 6.09 Å². The fraction of sp³-hybridized carbons (Fsp3) is 0.472. The van der Waals surface area contributed by atoms with Gasteiger partial charge in [-0.2, -0.15) is 4.31 Å². The Balaban J connectivity index is 1.18. The van der Waals surface area contributed by atoms with Crippen LogP contribution in [0.2, 0.25) is 0 Å². The number of carbonyl (C=O) groups is 1. The Labute approximate surface area is 287 Å². The average Bonchev–Trinajstić information content (AvgIpc) is 3.72. The largest absolute Gasteiger partial charge is 0.489 e. The number of rotatable bonds is 14. The summed E-state index contributed by atoms with van der Waals surface area (Å²) in [6.45, 7) is 5.53. The van der Waals surface area contributed by atoms with Crippen molar-refractivity contribution in [1.29, 1.82) is 0 Å². The molecule has 2 fully saturated rings. The quantitative estimate of drug-likeness (QED) is 0.253. The van der Waals surface area contributed by atoms with Crippen LogP contribution >= 0.6 is 0 Å². The Morgan fingerprint density at radius 3 is 2.45 bits per heavy atom. The van der Waals surface area contributed by atoms with E-state index in [4.69, 9.17) is 28.4 Å². The molecule has 0 aromatic heterocycles. The van der Waals surface area contributed by atoms with Gasteiger partial charge in [-0.3, -0.25) is 0 Å². The van der Waals surface area contributed by atoms with E-state index in [9.17, 15) is 18.3 Å². The number of aliphatic hydroxyl groups excluding tert-OH is 1. The van der Waals surface area contributed by atoms with Gasteiger partial charge in [-0.25, -0.2) is 13.2 Å². The number of nitrogens with zero attached hydrogens (tertiary/aromatic N) is 1. The molecule has 2 N–H and O–H groups in total. The molecule has 3 aliphatic heterocycles. The zero-order valence-electron chi connectivity index (χ0n) is 27.7. The first-order valence-corrected chi connectivity index (χ1v) is 18.1. The molecule has 3 aliphatic rings. The van der Waals surface area contributed by atoms with Gasteiger partial charge in [0.1, 0.15) is 31.7 Å². The summed E-state index contributed by atoms with van der Waals surface area (Å²) >= 11 is 0. The molecular formula is C36H44N2O10S. The summed E-state index contributed by atoms with van der Waals surface area (Å²) in [5.74, 6) is 1.38. The minimum Gasteiger partial charge on any atom is -0.489 e. The molecule has 1 amide bonds. The Kier molecular flexibility index (Phi) is 11.3. The Bertz CT molecular complexity index is 1650. The van der Waals surface area contributed by atoms with Crippen molar-refractivity contribution in [1.82, 2.24) is 9.62 Å². The van der Waals surface area contributed by atoms with E-state index in [1.54, 1.807) is 6.07 Å². The highest BCUT2D eigenvalue weighted by atomic mass is 32.2. The molecule has 0 radical (unpaired) electrons. The first-order valence-electron chi connectivity index (χ1n) is 16.7. The molecule has 3 aromatic rings. The molecule has 2 unspecified atom stereocenters. The summed E-state index contributed by atoms with van der Waals surface area (Å²) < 4.78 is 63.3. The second-order valence-electron chi connectivity index (χ2n) is 12.9. The predicted molar refractivity (Wildman–Crippen MR) is 179 cm³/mol. The molecule has 6 rings (SSSR count). The number of amides is 1. The third kappa shape index (κ3) is 8.84. The number of hydrogen-bond acceptors (Lipinski definition) is 10. The molecule has 0 aliphatic carbocycles. The second-order valence-corrected chi connectivity index (χ2v) is 14.9. The molecule has 3 heterocycles. The van der Waals surface area contributed by atoms with Crippen molar-refractivity contribution in [3.05, 3.63) is 83.9 Å². The molecular weight excluding hydrogens is 652 g/mol. The Morgan fingerprint density at radius 1 is 0.939 bits per heavy atom. The maximum absolute atomic E-state index is 14.0. The summed E-state index contributed by atoms with van der Waals surface area (Å²) in [4.78, 5) is 13.3. The third-order valence-corrected chi connectivity index (χ3v) is 10.6. The van der Waals surface area contributed by atoms with Gasteiger partial charge in [0.2, 0.25) is 10.0 Å². The van der Waals surface area contributed by atoms with Crippen LogP contribution in [0.3, 0.4) is 0 Å². The van der Waals surface area contributed by atoms with Crippen molar-refractivity contribution in [2.45, 2.75) is 62.7 Å².